The molecule has 1 saturated heterocycles. The van der Waals surface area contributed by atoms with E-state index in [0.717, 1.165) is 55.2 Å². The van der Waals surface area contributed by atoms with Crippen molar-refractivity contribution in [3.8, 4) is 5.75 Å². The van der Waals surface area contributed by atoms with Crippen molar-refractivity contribution in [3.63, 3.8) is 0 Å². The molecule has 2 aromatic rings. The molecule has 0 aliphatic carbocycles. The number of halogens is 2. The normalized spacial score (nSPS) is 17.9. The van der Waals surface area contributed by atoms with E-state index in [1.54, 1.807) is 12.0 Å². The lowest BCUT2D eigenvalue weighted by atomic mass is 10.00. The van der Waals surface area contributed by atoms with Crippen LogP contribution in [0.4, 0.5) is 8.78 Å². The molecule has 1 aliphatic rings. The summed E-state index contributed by atoms with van der Waals surface area (Å²) in [5.74, 6) is -1.05. The van der Waals surface area contributed by atoms with Crippen LogP contribution in [0.25, 0.3) is 0 Å². The molecule has 0 saturated carbocycles. The van der Waals surface area contributed by atoms with Gasteiger partial charge in [0.2, 0.25) is 0 Å². The van der Waals surface area contributed by atoms with Crippen molar-refractivity contribution in [1.82, 2.24) is 4.90 Å². The number of hydrogen-bond acceptors (Lipinski definition) is 2. The first-order valence-corrected chi connectivity index (χ1v) is 8.49. The molecule has 1 aliphatic heterocycles. The fourth-order valence-corrected chi connectivity index (χ4v) is 3.37. The Kier molecular flexibility index (Phi) is 5.31. The molecule has 0 spiro atoms. The number of carbonyl (C=O) groups excluding carboxylic acids is 1. The Hall–Kier alpha value is -2.43. The Bertz CT molecular complexity index is 726. The summed E-state index contributed by atoms with van der Waals surface area (Å²) >= 11 is 0. The van der Waals surface area contributed by atoms with Gasteiger partial charge in [0.15, 0.2) is 0 Å². The molecule has 0 bridgehead atoms. The molecule has 25 heavy (non-hydrogen) atoms. The fourth-order valence-electron chi connectivity index (χ4n) is 3.37. The zero-order chi connectivity index (χ0) is 17.8. The van der Waals surface area contributed by atoms with E-state index < -0.39 is 11.6 Å². The van der Waals surface area contributed by atoms with Gasteiger partial charge in [-0.1, -0.05) is 25.0 Å². The van der Waals surface area contributed by atoms with Crippen molar-refractivity contribution in [2.45, 2.75) is 31.7 Å². The molecule has 1 atom stereocenters. The van der Waals surface area contributed by atoms with Crippen molar-refractivity contribution >= 4 is 5.91 Å². The minimum absolute atomic E-state index is 0.0536. The van der Waals surface area contributed by atoms with Gasteiger partial charge in [0.05, 0.1) is 13.2 Å². The van der Waals surface area contributed by atoms with Gasteiger partial charge in [-0.05, 0) is 42.7 Å². The van der Waals surface area contributed by atoms with Gasteiger partial charge in [-0.15, -0.1) is 0 Å². The lowest BCUT2D eigenvalue weighted by molar-refractivity contribution is 0.0680. The van der Waals surface area contributed by atoms with Gasteiger partial charge < -0.3 is 9.64 Å². The topological polar surface area (TPSA) is 29.5 Å². The van der Waals surface area contributed by atoms with Gasteiger partial charge in [0.1, 0.15) is 17.4 Å². The summed E-state index contributed by atoms with van der Waals surface area (Å²) in [5.41, 5.74) is 1.06. The molecule has 5 heteroatoms. The van der Waals surface area contributed by atoms with E-state index in [-0.39, 0.29) is 17.5 Å². The molecule has 1 heterocycles. The average molecular weight is 345 g/mol. The first-order chi connectivity index (χ1) is 12.1. The second-order valence-corrected chi connectivity index (χ2v) is 6.29. The van der Waals surface area contributed by atoms with Crippen LogP contribution in [0, 0.1) is 11.6 Å². The molecular formula is C20H21F2NO2. The predicted octanol–water partition coefficient (Wildman–Crippen LogP) is 4.73. The maximum absolute atomic E-state index is 13.5. The monoisotopic (exact) mass is 345 g/mol. The third kappa shape index (κ3) is 3.98. The van der Waals surface area contributed by atoms with E-state index in [1.807, 2.05) is 24.3 Å². The Labute approximate surface area is 146 Å². The number of ether oxygens (including phenoxy) is 1. The van der Waals surface area contributed by atoms with E-state index in [0.29, 0.717) is 6.54 Å². The third-order valence-electron chi connectivity index (χ3n) is 4.62. The Morgan fingerprint density at radius 2 is 1.72 bits per heavy atom. The fraction of sp³-hybridized carbons (Fsp3) is 0.350. The molecule has 3 rings (SSSR count). The minimum Gasteiger partial charge on any atom is -0.497 e. The second kappa shape index (κ2) is 7.64. The largest absolute Gasteiger partial charge is 0.497 e. The molecule has 132 valence electrons. The number of benzene rings is 2. The highest BCUT2D eigenvalue weighted by Gasteiger charge is 2.28. The standard InChI is InChI=1S/C20H21F2NO2/c1-25-18-8-6-14(7-9-18)19-5-3-2-4-10-23(19)20(24)15-11-16(21)13-17(22)12-15/h6-9,11-13,19H,2-5,10H2,1H3/t19-/m1/s1. The van der Waals surface area contributed by atoms with Crippen molar-refractivity contribution in [1.29, 1.82) is 0 Å². The van der Waals surface area contributed by atoms with E-state index in [9.17, 15) is 13.6 Å². The van der Waals surface area contributed by atoms with Crippen LogP contribution in [-0.4, -0.2) is 24.5 Å². The van der Waals surface area contributed by atoms with E-state index >= 15 is 0 Å². The van der Waals surface area contributed by atoms with E-state index in [2.05, 4.69) is 0 Å². The second-order valence-electron chi connectivity index (χ2n) is 6.29. The number of hydrogen-bond donors (Lipinski definition) is 0. The first-order valence-electron chi connectivity index (χ1n) is 8.49. The summed E-state index contributed by atoms with van der Waals surface area (Å²) in [6, 6.07) is 10.5. The Balaban J connectivity index is 1.92. The van der Waals surface area contributed by atoms with E-state index in [4.69, 9.17) is 4.74 Å². The first kappa shape index (κ1) is 17.4. The highest BCUT2D eigenvalue weighted by molar-refractivity contribution is 5.94. The zero-order valence-corrected chi connectivity index (χ0v) is 14.2. The smallest absolute Gasteiger partial charge is 0.254 e. The van der Waals surface area contributed by atoms with Crippen LogP contribution in [0.3, 0.4) is 0 Å². The molecule has 2 aromatic carbocycles. The van der Waals surface area contributed by atoms with Gasteiger partial charge in [-0.3, -0.25) is 4.79 Å². The summed E-state index contributed by atoms with van der Waals surface area (Å²) in [6.07, 6.45) is 3.76. The molecule has 1 amide bonds. The molecule has 1 fully saturated rings. The molecule has 0 radical (unpaired) electrons. The summed E-state index contributed by atoms with van der Waals surface area (Å²) < 4.78 is 32.2. The zero-order valence-electron chi connectivity index (χ0n) is 14.2. The van der Waals surface area contributed by atoms with Crippen LogP contribution in [0.2, 0.25) is 0 Å². The van der Waals surface area contributed by atoms with Crippen LogP contribution >= 0.6 is 0 Å². The van der Waals surface area contributed by atoms with Gasteiger partial charge >= 0.3 is 0 Å². The molecule has 0 aromatic heterocycles. The van der Waals surface area contributed by atoms with Gasteiger partial charge in [-0.25, -0.2) is 8.78 Å². The SMILES string of the molecule is COc1ccc([C@H]2CCCCCN2C(=O)c2cc(F)cc(F)c2)cc1. The summed E-state index contributed by atoms with van der Waals surface area (Å²) in [5, 5.41) is 0. The van der Waals surface area contributed by atoms with Crippen molar-refractivity contribution in [3.05, 3.63) is 65.2 Å². The molecule has 0 unspecified atom stereocenters. The number of carbonyl (C=O) groups is 1. The lowest BCUT2D eigenvalue weighted by Crippen LogP contribution is -2.35. The summed E-state index contributed by atoms with van der Waals surface area (Å²) in [6.45, 7) is 0.577. The van der Waals surface area contributed by atoms with Gasteiger partial charge in [-0.2, -0.15) is 0 Å². The summed E-state index contributed by atoms with van der Waals surface area (Å²) in [4.78, 5) is 14.7. The number of amides is 1. The third-order valence-corrected chi connectivity index (χ3v) is 4.62. The number of rotatable bonds is 3. The maximum atomic E-state index is 13.5. The van der Waals surface area contributed by atoms with Crippen LogP contribution < -0.4 is 4.74 Å². The van der Waals surface area contributed by atoms with E-state index in [1.165, 1.54) is 0 Å². The Morgan fingerprint density at radius 1 is 1.04 bits per heavy atom. The number of methoxy groups -OCH3 is 1. The number of likely N-dealkylation sites (tertiary alicyclic amines) is 1. The van der Waals surface area contributed by atoms with Gasteiger partial charge in [0.25, 0.3) is 5.91 Å². The molecule has 0 N–H and O–H groups in total. The van der Waals surface area contributed by atoms with Crippen LogP contribution in [0.1, 0.15) is 47.6 Å². The minimum atomic E-state index is -0.737. The maximum Gasteiger partial charge on any atom is 0.254 e. The molecular weight excluding hydrogens is 324 g/mol. The van der Waals surface area contributed by atoms with Crippen LogP contribution in [-0.2, 0) is 0 Å². The van der Waals surface area contributed by atoms with Crippen molar-refractivity contribution < 1.29 is 18.3 Å². The van der Waals surface area contributed by atoms with Gasteiger partial charge in [0, 0.05) is 18.2 Å². The highest BCUT2D eigenvalue weighted by atomic mass is 19.1. The highest BCUT2D eigenvalue weighted by Crippen LogP contribution is 2.32. The lowest BCUT2D eigenvalue weighted by Gasteiger charge is -2.30. The molecule has 3 nitrogen and oxygen atoms in total. The van der Waals surface area contributed by atoms with Crippen molar-refractivity contribution in [2.75, 3.05) is 13.7 Å². The van der Waals surface area contributed by atoms with Crippen molar-refractivity contribution in [2.24, 2.45) is 0 Å². The predicted molar refractivity (Wildman–Crippen MR) is 91.6 cm³/mol. The summed E-state index contributed by atoms with van der Waals surface area (Å²) in [7, 11) is 1.61. The average Bonchev–Trinajstić information content (AvgIpc) is 2.86. The van der Waals surface area contributed by atoms with Crippen LogP contribution in [0.15, 0.2) is 42.5 Å². The Morgan fingerprint density at radius 3 is 2.36 bits per heavy atom. The van der Waals surface area contributed by atoms with Crippen LogP contribution in [0.5, 0.6) is 5.75 Å². The quantitative estimate of drug-likeness (QED) is 0.805. The number of nitrogens with zero attached hydrogens (tertiary/aromatic N) is 1.